The number of rotatable bonds is 11. The van der Waals surface area contributed by atoms with Crippen LogP contribution in [0.25, 0.3) is 0 Å². The molecular weight excluding hydrogens is 322 g/mol. The van der Waals surface area contributed by atoms with Crippen LogP contribution in [0.2, 0.25) is 0 Å². The molecular formula is C11H22FIN2O. The molecule has 0 rings (SSSR count). The van der Waals surface area contributed by atoms with Crippen LogP contribution in [-0.4, -0.2) is 55.4 Å². The molecule has 0 fully saturated rings. The van der Waals surface area contributed by atoms with E-state index in [1.165, 1.54) is 0 Å². The van der Waals surface area contributed by atoms with E-state index in [4.69, 9.17) is 4.74 Å². The lowest BCUT2D eigenvalue weighted by Crippen LogP contribution is -2.35. The maximum Gasteiger partial charge on any atom is 0.110 e. The third kappa shape index (κ3) is 8.29. The van der Waals surface area contributed by atoms with Gasteiger partial charge >= 0.3 is 0 Å². The molecule has 5 heteroatoms. The molecule has 0 saturated heterocycles. The number of methoxy groups -OCH3 is 1. The summed E-state index contributed by atoms with van der Waals surface area (Å²) in [4.78, 5) is 2.30. The molecule has 0 aliphatic carbocycles. The van der Waals surface area contributed by atoms with Crippen LogP contribution >= 0.6 is 22.6 Å². The fourth-order valence-corrected chi connectivity index (χ4v) is 2.07. The van der Waals surface area contributed by atoms with Gasteiger partial charge in [-0.15, -0.1) is 0 Å². The van der Waals surface area contributed by atoms with Gasteiger partial charge in [0.15, 0.2) is 0 Å². The van der Waals surface area contributed by atoms with E-state index in [2.05, 4.69) is 39.4 Å². The van der Waals surface area contributed by atoms with Gasteiger partial charge in [-0.1, -0.05) is 29.2 Å². The maximum atomic E-state index is 12.6. The van der Waals surface area contributed by atoms with Crippen molar-refractivity contribution in [2.24, 2.45) is 0 Å². The first-order valence-corrected chi connectivity index (χ1v) is 7.01. The number of alkyl halides is 2. The quantitative estimate of drug-likeness (QED) is 0.457. The predicted octanol–water partition coefficient (Wildman–Crippen LogP) is 1.83. The molecule has 0 spiro atoms. The zero-order valence-corrected chi connectivity index (χ0v) is 12.1. The molecule has 0 saturated carbocycles. The van der Waals surface area contributed by atoms with E-state index < -0.39 is 0 Å². The Labute approximate surface area is 112 Å². The molecule has 0 aromatic heterocycles. The zero-order valence-electron chi connectivity index (χ0n) is 9.92. The second kappa shape index (κ2) is 11.6. The van der Waals surface area contributed by atoms with E-state index in [1.54, 1.807) is 13.3 Å². The molecule has 0 radical (unpaired) electrons. The maximum absolute atomic E-state index is 12.6. The molecule has 0 aliphatic rings. The van der Waals surface area contributed by atoms with E-state index in [9.17, 15) is 4.39 Å². The van der Waals surface area contributed by atoms with Crippen molar-refractivity contribution in [3.05, 3.63) is 12.8 Å². The molecule has 0 aromatic carbocycles. The first-order valence-electron chi connectivity index (χ1n) is 5.48. The Bertz CT molecular complexity index is 172. The van der Waals surface area contributed by atoms with Crippen molar-refractivity contribution in [2.45, 2.75) is 12.5 Å². The minimum atomic E-state index is -0.353. The largest absolute Gasteiger partial charge is 0.386 e. The molecule has 1 unspecified atom stereocenters. The molecule has 1 atom stereocenters. The van der Waals surface area contributed by atoms with Gasteiger partial charge in [0.05, 0.1) is 12.6 Å². The van der Waals surface area contributed by atoms with Gasteiger partial charge in [0.2, 0.25) is 0 Å². The monoisotopic (exact) mass is 344 g/mol. The highest BCUT2D eigenvalue weighted by molar-refractivity contribution is 14.1. The van der Waals surface area contributed by atoms with Gasteiger partial charge in [0.25, 0.3) is 0 Å². The fraction of sp³-hybridized carbons (Fsp3) is 0.818. The highest BCUT2D eigenvalue weighted by atomic mass is 127. The van der Waals surface area contributed by atoms with E-state index in [1.807, 2.05) is 0 Å². The van der Waals surface area contributed by atoms with Crippen molar-refractivity contribution in [3.63, 3.8) is 0 Å². The first-order chi connectivity index (χ1) is 7.78. The van der Waals surface area contributed by atoms with Crippen molar-refractivity contribution in [3.8, 4) is 0 Å². The van der Waals surface area contributed by atoms with E-state index in [0.29, 0.717) is 0 Å². The van der Waals surface area contributed by atoms with Crippen LogP contribution < -0.4 is 5.32 Å². The molecule has 96 valence electrons. The summed E-state index contributed by atoms with van der Waals surface area (Å²) in [5.74, 6) is 0. The minimum Gasteiger partial charge on any atom is -0.386 e. The Morgan fingerprint density at radius 1 is 1.50 bits per heavy atom. The van der Waals surface area contributed by atoms with Crippen molar-refractivity contribution in [2.75, 3.05) is 44.5 Å². The Hall–Kier alpha value is 0.120. The number of hydrogen-bond acceptors (Lipinski definition) is 3. The highest BCUT2D eigenvalue weighted by Gasteiger charge is 2.09. The summed E-state index contributed by atoms with van der Waals surface area (Å²) in [6, 6.07) is -0.114. The lowest BCUT2D eigenvalue weighted by molar-refractivity contribution is 0.148. The summed E-state index contributed by atoms with van der Waals surface area (Å²) < 4.78 is 18.7. The molecule has 0 bridgehead atoms. The number of halogens is 2. The summed E-state index contributed by atoms with van der Waals surface area (Å²) in [7, 11) is 1.70. The predicted molar refractivity (Wildman–Crippen MR) is 74.9 cm³/mol. The van der Waals surface area contributed by atoms with Crippen molar-refractivity contribution in [1.82, 2.24) is 10.2 Å². The molecule has 0 amide bonds. The van der Waals surface area contributed by atoms with Gasteiger partial charge in [0, 0.05) is 31.2 Å². The van der Waals surface area contributed by atoms with Crippen molar-refractivity contribution < 1.29 is 9.13 Å². The van der Waals surface area contributed by atoms with Gasteiger partial charge < -0.3 is 15.0 Å². The molecule has 0 aromatic rings. The average molecular weight is 344 g/mol. The number of nitrogens with one attached hydrogen (secondary N) is 1. The number of ether oxygens (including phenoxy) is 1. The van der Waals surface area contributed by atoms with Gasteiger partial charge in [-0.25, -0.2) is 4.39 Å². The summed E-state index contributed by atoms with van der Waals surface area (Å²) in [6.07, 6.45) is 2.35. The normalized spacial score (nSPS) is 12.8. The van der Waals surface area contributed by atoms with Crippen LogP contribution in [0.3, 0.4) is 0 Å². The minimum absolute atomic E-state index is 0.114. The van der Waals surface area contributed by atoms with E-state index in [0.717, 1.165) is 37.1 Å². The number of nitrogens with zero attached hydrogens (tertiary/aromatic N) is 1. The molecule has 16 heavy (non-hydrogen) atoms. The summed E-state index contributed by atoms with van der Waals surface area (Å²) in [6.45, 7) is 6.75. The Morgan fingerprint density at radius 2 is 2.25 bits per heavy atom. The van der Waals surface area contributed by atoms with Gasteiger partial charge in [-0.2, -0.15) is 0 Å². The Morgan fingerprint density at radius 3 is 2.75 bits per heavy atom. The Kier molecular flexibility index (Phi) is 11.7. The number of hydrogen-bond donors (Lipinski definition) is 1. The smallest absolute Gasteiger partial charge is 0.110 e. The highest BCUT2D eigenvalue weighted by Crippen LogP contribution is 1.99. The topological polar surface area (TPSA) is 24.5 Å². The lowest BCUT2D eigenvalue weighted by atomic mass is 10.2. The van der Waals surface area contributed by atoms with E-state index >= 15 is 0 Å². The molecule has 0 aliphatic heterocycles. The third-order valence-electron chi connectivity index (χ3n) is 2.35. The fourth-order valence-electron chi connectivity index (χ4n) is 1.39. The molecule has 0 heterocycles. The zero-order chi connectivity index (χ0) is 12.2. The average Bonchev–Trinajstić information content (AvgIpc) is 2.30. The van der Waals surface area contributed by atoms with Crippen LogP contribution in [0.4, 0.5) is 4.39 Å². The van der Waals surface area contributed by atoms with E-state index in [-0.39, 0.29) is 12.7 Å². The Balaban J connectivity index is 3.82. The van der Waals surface area contributed by atoms with Crippen LogP contribution in [0, 0.1) is 0 Å². The standard InChI is InChI=1S/C11H22FIN2O/c1-3-14-11(10-12)4-6-15(7-5-13)8-9-16-2/h3,11,14H,1,4-10H2,2H3. The molecule has 3 nitrogen and oxygen atoms in total. The molecule has 1 N–H and O–H groups in total. The second-order valence-corrected chi connectivity index (χ2v) is 4.61. The van der Waals surface area contributed by atoms with Crippen LogP contribution in [0.1, 0.15) is 6.42 Å². The van der Waals surface area contributed by atoms with Crippen LogP contribution in [-0.2, 0) is 4.74 Å². The SMILES string of the molecule is C=CNC(CF)CCN(CCI)CCOC. The van der Waals surface area contributed by atoms with Gasteiger partial charge in [-0.05, 0) is 12.6 Å². The summed E-state index contributed by atoms with van der Waals surface area (Å²) >= 11 is 2.35. The lowest BCUT2D eigenvalue weighted by Gasteiger charge is -2.23. The van der Waals surface area contributed by atoms with Crippen molar-refractivity contribution >= 4 is 22.6 Å². The first kappa shape index (κ1) is 16.1. The van der Waals surface area contributed by atoms with Gasteiger partial charge in [-0.3, -0.25) is 0 Å². The third-order valence-corrected chi connectivity index (χ3v) is 2.83. The van der Waals surface area contributed by atoms with Crippen LogP contribution in [0.5, 0.6) is 0 Å². The summed E-state index contributed by atoms with van der Waals surface area (Å²) in [5, 5.41) is 2.91. The van der Waals surface area contributed by atoms with Crippen LogP contribution in [0.15, 0.2) is 12.8 Å². The second-order valence-electron chi connectivity index (χ2n) is 3.53. The van der Waals surface area contributed by atoms with Crippen molar-refractivity contribution in [1.29, 1.82) is 0 Å². The summed E-state index contributed by atoms with van der Waals surface area (Å²) in [5.41, 5.74) is 0. The van der Waals surface area contributed by atoms with Gasteiger partial charge in [0.1, 0.15) is 6.67 Å².